The lowest BCUT2D eigenvalue weighted by Gasteiger charge is -2.18. The van der Waals surface area contributed by atoms with E-state index in [4.69, 9.17) is 17.0 Å². The maximum atomic E-state index is 12.1. The van der Waals surface area contributed by atoms with Crippen molar-refractivity contribution in [2.24, 2.45) is 0 Å². The van der Waals surface area contributed by atoms with E-state index in [9.17, 15) is 4.79 Å². The third-order valence-corrected chi connectivity index (χ3v) is 4.55. The van der Waals surface area contributed by atoms with E-state index in [1.165, 1.54) is 0 Å². The van der Waals surface area contributed by atoms with Crippen molar-refractivity contribution in [3.63, 3.8) is 0 Å². The number of aryl methyl sites for hydroxylation is 1. The largest absolute Gasteiger partial charge is 0.493 e. The van der Waals surface area contributed by atoms with Crippen LogP contribution in [0.25, 0.3) is 0 Å². The van der Waals surface area contributed by atoms with E-state index in [-0.39, 0.29) is 6.03 Å². The molecule has 2 aromatic rings. The number of H-pyrrole nitrogens is 1. The summed E-state index contributed by atoms with van der Waals surface area (Å²) in [6, 6.07) is 5.89. The monoisotopic (exact) mass is 345 g/mol. The van der Waals surface area contributed by atoms with Crippen LogP contribution in [0, 0.1) is 4.77 Å². The Morgan fingerprint density at radius 2 is 2.33 bits per heavy atom. The number of carbonyl (C=O) groups is 1. The van der Waals surface area contributed by atoms with Crippen molar-refractivity contribution in [2.75, 3.05) is 11.9 Å². The fourth-order valence-corrected chi connectivity index (χ4v) is 3.24. The summed E-state index contributed by atoms with van der Waals surface area (Å²) in [5, 5.41) is 12.7. The van der Waals surface area contributed by atoms with Crippen molar-refractivity contribution >= 4 is 23.9 Å². The molecule has 7 nitrogen and oxygen atoms in total. The number of nitrogens with one attached hydrogen (secondary N) is 3. The molecule has 0 bridgehead atoms. The first-order valence-electron chi connectivity index (χ1n) is 8.17. The third kappa shape index (κ3) is 3.14. The van der Waals surface area contributed by atoms with Crippen LogP contribution in [0.3, 0.4) is 0 Å². The number of ether oxygens (including phenoxy) is 1. The van der Waals surface area contributed by atoms with Crippen molar-refractivity contribution in [1.82, 2.24) is 20.1 Å². The zero-order valence-electron chi connectivity index (χ0n) is 13.2. The zero-order valence-corrected chi connectivity index (χ0v) is 14.0. The SMILES string of the molecule is O=C(NCc1n[nH]c(=S)n1C1CC1)Nc1ccc2c(c1)CCCO2. The summed E-state index contributed by atoms with van der Waals surface area (Å²) in [7, 11) is 0. The summed E-state index contributed by atoms with van der Waals surface area (Å²) < 4.78 is 8.19. The molecule has 126 valence electrons. The molecule has 2 aliphatic rings. The van der Waals surface area contributed by atoms with Gasteiger partial charge < -0.3 is 15.4 Å². The van der Waals surface area contributed by atoms with Gasteiger partial charge in [0.2, 0.25) is 0 Å². The number of benzene rings is 1. The minimum atomic E-state index is -0.261. The molecule has 0 unspecified atom stereocenters. The topological polar surface area (TPSA) is 84.0 Å². The molecule has 0 saturated heterocycles. The van der Waals surface area contributed by atoms with Crippen LogP contribution in [0.15, 0.2) is 18.2 Å². The van der Waals surface area contributed by atoms with Gasteiger partial charge in [-0.15, -0.1) is 0 Å². The number of hydrogen-bond acceptors (Lipinski definition) is 4. The van der Waals surface area contributed by atoms with Gasteiger partial charge in [-0.05, 0) is 61.7 Å². The van der Waals surface area contributed by atoms with E-state index < -0.39 is 0 Å². The Hall–Kier alpha value is -2.35. The quantitative estimate of drug-likeness (QED) is 0.744. The highest BCUT2D eigenvalue weighted by Crippen LogP contribution is 2.35. The molecule has 1 aromatic carbocycles. The number of carbonyl (C=O) groups excluding carboxylic acids is 1. The van der Waals surface area contributed by atoms with Crippen LogP contribution in [0.2, 0.25) is 0 Å². The van der Waals surface area contributed by atoms with Gasteiger partial charge in [0.05, 0.1) is 13.2 Å². The summed E-state index contributed by atoms with van der Waals surface area (Å²) in [5.74, 6) is 1.67. The molecule has 1 saturated carbocycles. The minimum absolute atomic E-state index is 0.261. The van der Waals surface area contributed by atoms with Gasteiger partial charge in [0.25, 0.3) is 0 Å². The molecule has 0 radical (unpaired) electrons. The second-order valence-corrected chi connectivity index (χ2v) is 6.52. The van der Waals surface area contributed by atoms with Crippen LogP contribution < -0.4 is 15.4 Å². The van der Waals surface area contributed by atoms with E-state index in [0.717, 1.165) is 55.1 Å². The molecular weight excluding hydrogens is 326 g/mol. The summed E-state index contributed by atoms with van der Waals surface area (Å²) in [6.45, 7) is 1.10. The number of amides is 2. The average Bonchev–Trinajstić information content (AvgIpc) is 3.36. The summed E-state index contributed by atoms with van der Waals surface area (Å²) in [4.78, 5) is 12.1. The van der Waals surface area contributed by atoms with Crippen LogP contribution in [0.4, 0.5) is 10.5 Å². The summed E-state index contributed by atoms with van der Waals surface area (Å²) in [5.41, 5.74) is 1.89. The molecule has 4 rings (SSSR count). The number of nitrogens with zero attached hydrogens (tertiary/aromatic N) is 2. The highest BCUT2D eigenvalue weighted by atomic mass is 32.1. The Labute approximate surface area is 144 Å². The van der Waals surface area contributed by atoms with Crippen molar-refractivity contribution in [3.05, 3.63) is 34.4 Å². The van der Waals surface area contributed by atoms with Gasteiger partial charge in [-0.3, -0.25) is 9.67 Å². The molecule has 2 heterocycles. The molecule has 3 N–H and O–H groups in total. The van der Waals surface area contributed by atoms with Crippen LogP contribution in [0.1, 0.15) is 36.7 Å². The number of aromatic amines is 1. The van der Waals surface area contributed by atoms with Crippen LogP contribution in [-0.4, -0.2) is 27.4 Å². The van der Waals surface area contributed by atoms with Crippen molar-refractivity contribution in [1.29, 1.82) is 0 Å². The fourth-order valence-electron chi connectivity index (χ4n) is 2.94. The van der Waals surface area contributed by atoms with Gasteiger partial charge in [0.15, 0.2) is 10.6 Å². The van der Waals surface area contributed by atoms with Gasteiger partial charge >= 0.3 is 6.03 Å². The summed E-state index contributed by atoms with van der Waals surface area (Å²) in [6.07, 6.45) is 4.21. The van der Waals surface area contributed by atoms with Gasteiger partial charge in [-0.25, -0.2) is 4.79 Å². The van der Waals surface area contributed by atoms with Crippen LogP contribution in [-0.2, 0) is 13.0 Å². The average molecular weight is 345 g/mol. The predicted molar refractivity (Wildman–Crippen MR) is 91.8 cm³/mol. The van der Waals surface area contributed by atoms with E-state index in [1.807, 2.05) is 22.8 Å². The number of fused-ring (bicyclic) bond motifs is 1. The second-order valence-electron chi connectivity index (χ2n) is 6.13. The van der Waals surface area contributed by atoms with Gasteiger partial charge in [-0.1, -0.05) is 0 Å². The third-order valence-electron chi connectivity index (χ3n) is 4.26. The molecule has 1 aliphatic heterocycles. The van der Waals surface area contributed by atoms with E-state index >= 15 is 0 Å². The van der Waals surface area contributed by atoms with E-state index in [1.54, 1.807) is 0 Å². The van der Waals surface area contributed by atoms with Gasteiger partial charge in [0, 0.05) is 11.7 Å². The standard InChI is InChI=1S/C16H19N5O2S/c22-15(17-9-14-19-20-16(24)21(14)12-4-5-12)18-11-3-6-13-10(8-11)2-1-7-23-13/h3,6,8,12H,1-2,4-5,7,9H2,(H,20,24)(H2,17,18,22). The van der Waals surface area contributed by atoms with Crippen molar-refractivity contribution in [2.45, 2.75) is 38.3 Å². The maximum absolute atomic E-state index is 12.1. The molecule has 24 heavy (non-hydrogen) atoms. The number of hydrogen-bond donors (Lipinski definition) is 3. The Morgan fingerprint density at radius 3 is 3.17 bits per heavy atom. The molecule has 0 atom stereocenters. The number of rotatable bonds is 4. The lowest BCUT2D eigenvalue weighted by Crippen LogP contribution is -2.29. The molecule has 1 aliphatic carbocycles. The lowest BCUT2D eigenvalue weighted by atomic mass is 10.1. The normalized spacial score (nSPS) is 16.2. The summed E-state index contributed by atoms with van der Waals surface area (Å²) >= 11 is 5.24. The fraction of sp³-hybridized carbons (Fsp3) is 0.438. The zero-order chi connectivity index (χ0) is 16.5. The van der Waals surface area contributed by atoms with E-state index in [2.05, 4.69) is 20.8 Å². The van der Waals surface area contributed by atoms with Crippen molar-refractivity contribution < 1.29 is 9.53 Å². The highest BCUT2D eigenvalue weighted by Gasteiger charge is 2.27. The van der Waals surface area contributed by atoms with Gasteiger partial charge in [-0.2, -0.15) is 5.10 Å². The first-order valence-corrected chi connectivity index (χ1v) is 8.58. The lowest BCUT2D eigenvalue weighted by molar-refractivity contribution is 0.251. The van der Waals surface area contributed by atoms with E-state index in [0.29, 0.717) is 17.4 Å². The highest BCUT2D eigenvalue weighted by molar-refractivity contribution is 7.71. The molecule has 8 heteroatoms. The molecular formula is C16H19N5O2S. The maximum Gasteiger partial charge on any atom is 0.319 e. The number of aromatic nitrogens is 3. The van der Waals surface area contributed by atoms with Crippen molar-refractivity contribution in [3.8, 4) is 5.75 Å². The molecule has 1 aromatic heterocycles. The number of anilines is 1. The second kappa shape index (κ2) is 6.27. The predicted octanol–water partition coefficient (Wildman–Crippen LogP) is 2.92. The smallest absolute Gasteiger partial charge is 0.319 e. The molecule has 2 amide bonds. The Kier molecular flexibility index (Phi) is 3.97. The Morgan fingerprint density at radius 1 is 1.46 bits per heavy atom. The van der Waals surface area contributed by atoms with Crippen LogP contribution >= 0.6 is 12.2 Å². The Bertz CT molecular complexity index is 824. The Balaban J connectivity index is 1.38. The number of urea groups is 1. The van der Waals surface area contributed by atoms with Crippen LogP contribution in [0.5, 0.6) is 5.75 Å². The molecule has 0 spiro atoms. The first kappa shape index (κ1) is 15.2. The van der Waals surface area contributed by atoms with Gasteiger partial charge in [0.1, 0.15) is 5.75 Å². The first-order chi connectivity index (χ1) is 11.7. The molecule has 1 fully saturated rings. The minimum Gasteiger partial charge on any atom is -0.493 e.